The largest absolute Gasteiger partial charge is 0.273 e. The average molecular weight is 278 g/mol. The van der Waals surface area contributed by atoms with Gasteiger partial charge in [-0.15, -0.1) is 0 Å². The van der Waals surface area contributed by atoms with Gasteiger partial charge < -0.3 is 0 Å². The van der Waals surface area contributed by atoms with Gasteiger partial charge in [-0.2, -0.15) is 5.10 Å². The van der Waals surface area contributed by atoms with E-state index in [0.717, 1.165) is 11.3 Å². The summed E-state index contributed by atoms with van der Waals surface area (Å²) in [5.41, 5.74) is 9.54. The molecule has 0 unspecified atom stereocenters. The summed E-state index contributed by atoms with van der Waals surface area (Å²) in [5.74, 6) is -0.00754. The van der Waals surface area contributed by atoms with Gasteiger partial charge in [-0.25, -0.2) is 5.43 Å². The molecule has 3 rings (SSSR count). The van der Waals surface area contributed by atoms with Crippen LogP contribution in [0.1, 0.15) is 29.5 Å². The van der Waals surface area contributed by atoms with E-state index in [-0.39, 0.29) is 5.91 Å². The number of nitrogens with zero attached hydrogens (tertiary/aromatic N) is 1. The monoisotopic (exact) mass is 278 g/mol. The number of rotatable bonds is 2. The first-order valence-electron chi connectivity index (χ1n) is 7.17. The number of nitrogens with one attached hydrogen (secondary N) is 1. The average Bonchev–Trinajstić information content (AvgIpc) is 2.48. The Bertz CT molecular complexity index is 732. The van der Waals surface area contributed by atoms with Crippen molar-refractivity contribution < 1.29 is 4.79 Å². The van der Waals surface area contributed by atoms with Crippen LogP contribution in [0, 0.1) is 13.8 Å². The minimum Gasteiger partial charge on any atom is -0.273 e. The third-order valence-electron chi connectivity index (χ3n) is 3.79. The van der Waals surface area contributed by atoms with Gasteiger partial charge in [-0.3, -0.25) is 4.79 Å². The molecule has 2 aromatic carbocycles. The predicted molar refractivity (Wildman–Crippen MR) is 85.3 cm³/mol. The molecule has 3 heteroatoms. The molecule has 1 aliphatic rings. The first-order valence-corrected chi connectivity index (χ1v) is 7.17. The molecule has 1 aliphatic heterocycles. The summed E-state index contributed by atoms with van der Waals surface area (Å²) in [6.07, 6.45) is 1.21. The summed E-state index contributed by atoms with van der Waals surface area (Å²) in [6, 6.07) is 14.9. The highest BCUT2D eigenvalue weighted by atomic mass is 16.2. The number of hydrogen-bond donors (Lipinski definition) is 1. The van der Waals surface area contributed by atoms with Gasteiger partial charge in [0.25, 0.3) is 0 Å². The molecule has 0 saturated carbocycles. The Labute approximate surface area is 124 Å². The number of hydrazone groups is 1. The van der Waals surface area contributed by atoms with E-state index in [0.29, 0.717) is 12.8 Å². The fourth-order valence-corrected chi connectivity index (χ4v) is 2.66. The number of aryl methyl sites for hydroxylation is 2. The van der Waals surface area contributed by atoms with Gasteiger partial charge in [0.1, 0.15) is 0 Å². The van der Waals surface area contributed by atoms with Crippen LogP contribution in [0.15, 0.2) is 47.6 Å². The van der Waals surface area contributed by atoms with Crippen molar-refractivity contribution in [2.24, 2.45) is 5.10 Å². The van der Waals surface area contributed by atoms with Crippen molar-refractivity contribution in [1.82, 2.24) is 5.43 Å². The minimum absolute atomic E-state index is 0.00754. The zero-order valence-electron chi connectivity index (χ0n) is 12.3. The zero-order chi connectivity index (χ0) is 14.8. The van der Waals surface area contributed by atoms with Crippen LogP contribution >= 0.6 is 0 Å². The highest BCUT2D eigenvalue weighted by molar-refractivity contribution is 6.04. The van der Waals surface area contributed by atoms with E-state index in [4.69, 9.17) is 0 Å². The van der Waals surface area contributed by atoms with Crippen molar-refractivity contribution in [3.63, 3.8) is 0 Å². The first-order chi connectivity index (χ1) is 10.1. The Balaban J connectivity index is 1.95. The van der Waals surface area contributed by atoms with E-state index >= 15 is 0 Å². The molecule has 0 bridgehead atoms. The summed E-state index contributed by atoms with van der Waals surface area (Å²) in [5, 5.41) is 4.16. The highest BCUT2D eigenvalue weighted by Crippen LogP contribution is 2.26. The van der Waals surface area contributed by atoms with Gasteiger partial charge in [0.2, 0.25) is 5.91 Å². The Hall–Kier alpha value is -2.42. The highest BCUT2D eigenvalue weighted by Gasteiger charge is 2.14. The van der Waals surface area contributed by atoms with E-state index < -0.39 is 0 Å². The Morgan fingerprint density at radius 3 is 2.52 bits per heavy atom. The van der Waals surface area contributed by atoms with E-state index in [9.17, 15) is 4.79 Å². The van der Waals surface area contributed by atoms with Gasteiger partial charge in [0.15, 0.2) is 0 Å². The Kier molecular flexibility index (Phi) is 3.57. The van der Waals surface area contributed by atoms with Gasteiger partial charge in [0.05, 0.1) is 5.71 Å². The zero-order valence-corrected chi connectivity index (χ0v) is 12.3. The van der Waals surface area contributed by atoms with Crippen LogP contribution in [0.4, 0.5) is 0 Å². The third-order valence-corrected chi connectivity index (χ3v) is 3.79. The maximum atomic E-state index is 11.2. The van der Waals surface area contributed by atoms with Gasteiger partial charge >= 0.3 is 0 Å². The lowest BCUT2D eigenvalue weighted by Crippen LogP contribution is -2.25. The summed E-state index contributed by atoms with van der Waals surface area (Å²) >= 11 is 0. The minimum atomic E-state index is -0.00754. The number of carbonyl (C=O) groups is 1. The van der Waals surface area contributed by atoms with E-state index in [2.05, 4.69) is 66.8 Å². The second-order valence-electron chi connectivity index (χ2n) is 5.49. The van der Waals surface area contributed by atoms with Crippen LogP contribution in [0.3, 0.4) is 0 Å². The molecule has 3 nitrogen and oxygen atoms in total. The van der Waals surface area contributed by atoms with Crippen LogP contribution in [-0.2, 0) is 4.79 Å². The first kappa shape index (κ1) is 13.6. The van der Waals surface area contributed by atoms with Gasteiger partial charge in [-0.05, 0) is 42.2 Å². The summed E-state index contributed by atoms with van der Waals surface area (Å²) in [4.78, 5) is 11.2. The normalized spacial score (nSPS) is 14.6. The van der Waals surface area contributed by atoms with E-state index in [1.54, 1.807) is 0 Å². The lowest BCUT2D eigenvalue weighted by Gasteiger charge is -2.14. The number of carbonyl (C=O) groups excluding carboxylic acids is 1. The molecule has 0 radical (unpaired) electrons. The molecule has 106 valence electrons. The molecule has 0 spiro atoms. The van der Waals surface area contributed by atoms with Crippen molar-refractivity contribution in [3.05, 3.63) is 59.2 Å². The molecule has 21 heavy (non-hydrogen) atoms. The van der Waals surface area contributed by atoms with Crippen molar-refractivity contribution in [2.75, 3.05) is 0 Å². The van der Waals surface area contributed by atoms with Crippen molar-refractivity contribution in [1.29, 1.82) is 0 Å². The maximum absolute atomic E-state index is 11.2. The smallest absolute Gasteiger partial charge is 0.240 e. The number of hydrogen-bond acceptors (Lipinski definition) is 2. The molecule has 0 fully saturated rings. The van der Waals surface area contributed by atoms with E-state index in [1.165, 1.54) is 22.3 Å². The molecule has 0 atom stereocenters. The SMILES string of the molecule is Cc1cccc(-c2ccc(C3=NNC(=O)CC3)cc2C)c1. The molecule has 1 amide bonds. The molecule has 0 aromatic heterocycles. The predicted octanol–water partition coefficient (Wildman–Crippen LogP) is 3.58. The molecule has 0 aliphatic carbocycles. The molecule has 1 heterocycles. The maximum Gasteiger partial charge on any atom is 0.240 e. The summed E-state index contributed by atoms with van der Waals surface area (Å²) in [7, 11) is 0. The summed E-state index contributed by atoms with van der Waals surface area (Å²) < 4.78 is 0. The third kappa shape index (κ3) is 2.87. The Morgan fingerprint density at radius 2 is 1.86 bits per heavy atom. The number of amides is 1. The van der Waals surface area contributed by atoms with Crippen LogP contribution in [-0.4, -0.2) is 11.6 Å². The Morgan fingerprint density at radius 1 is 1.00 bits per heavy atom. The standard InChI is InChI=1S/C18H18N2O/c1-12-4-3-5-14(10-12)16-7-6-15(11-13(16)2)17-8-9-18(21)20-19-17/h3-7,10-11H,8-9H2,1-2H3,(H,20,21). The van der Waals surface area contributed by atoms with Gasteiger partial charge in [0, 0.05) is 12.8 Å². The molecule has 2 aromatic rings. The lowest BCUT2D eigenvalue weighted by atomic mass is 9.95. The van der Waals surface area contributed by atoms with Crippen molar-refractivity contribution in [2.45, 2.75) is 26.7 Å². The fourth-order valence-electron chi connectivity index (χ4n) is 2.66. The lowest BCUT2D eigenvalue weighted by molar-refractivity contribution is -0.121. The van der Waals surface area contributed by atoms with E-state index in [1.807, 2.05) is 0 Å². The fraction of sp³-hybridized carbons (Fsp3) is 0.222. The van der Waals surface area contributed by atoms with Crippen LogP contribution in [0.2, 0.25) is 0 Å². The molecular formula is C18H18N2O. The van der Waals surface area contributed by atoms with Crippen LogP contribution < -0.4 is 5.43 Å². The quantitative estimate of drug-likeness (QED) is 0.896. The van der Waals surface area contributed by atoms with Crippen LogP contribution in [0.5, 0.6) is 0 Å². The van der Waals surface area contributed by atoms with Crippen LogP contribution in [0.25, 0.3) is 11.1 Å². The van der Waals surface area contributed by atoms with Crippen molar-refractivity contribution >= 4 is 11.6 Å². The second-order valence-corrected chi connectivity index (χ2v) is 5.49. The summed E-state index contributed by atoms with van der Waals surface area (Å²) in [6.45, 7) is 4.22. The molecular weight excluding hydrogens is 260 g/mol. The van der Waals surface area contributed by atoms with Crippen molar-refractivity contribution in [3.8, 4) is 11.1 Å². The topological polar surface area (TPSA) is 41.5 Å². The van der Waals surface area contributed by atoms with Gasteiger partial charge in [-0.1, -0.05) is 42.0 Å². The second kappa shape index (κ2) is 5.52. The molecule has 1 N–H and O–H groups in total. The number of benzene rings is 2. The molecule has 0 saturated heterocycles.